The van der Waals surface area contributed by atoms with Crippen LogP contribution in [0.4, 0.5) is 15.4 Å². The first-order valence-corrected chi connectivity index (χ1v) is 6.11. The maximum absolute atomic E-state index is 11.7. The van der Waals surface area contributed by atoms with Crippen molar-refractivity contribution in [3.8, 4) is 0 Å². The molecule has 3 amide bonds. The van der Waals surface area contributed by atoms with Gasteiger partial charge in [0.25, 0.3) is 0 Å². The number of imidazole rings is 1. The number of nitrogens with two attached hydrogens (primary N) is 1. The third-order valence-electron chi connectivity index (χ3n) is 2.74. The van der Waals surface area contributed by atoms with Gasteiger partial charge in [0.1, 0.15) is 17.2 Å². The summed E-state index contributed by atoms with van der Waals surface area (Å²) in [5.41, 5.74) is 5.82. The molecule has 1 aliphatic heterocycles. The number of carbonyl (C=O) groups excluding carboxylic acids is 2. The normalized spacial score (nSPS) is 14.6. The number of hydrogen-bond acceptors (Lipinski definition) is 7. The van der Waals surface area contributed by atoms with Gasteiger partial charge in [-0.15, -0.1) is 0 Å². The van der Waals surface area contributed by atoms with Crippen LogP contribution in [0.3, 0.4) is 0 Å². The van der Waals surface area contributed by atoms with Crippen LogP contribution >= 0.6 is 0 Å². The fourth-order valence-corrected chi connectivity index (χ4v) is 1.78. The van der Waals surface area contributed by atoms with Gasteiger partial charge >= 0.3 is 12.1 Å². The van der Waals surface area contributed by atoms with E-state index in [2.05, 4.69) is 14.7 Å². The number of anilines is 1. The summed E-state index contributed by atoms with van der Waals surface area (Å²) >= 11 is 0. The molecule has 1 aromatic rings. The van der Waals surface area contributed by atoms with Crippen LogP contribution in [0.2, 0.25) is 0 Å². The second-order valence-corrected chi connectivity index (χ2v) is 4.02. The van der Waals surface area contributed by atoms with Crippen LogP contribution in [0.25, 0.3) is 0 Å². The monoisotopic (exact) mass is 294 g/mol. The molecule has 1 aromatic heterocycles. The lowest BCUT2D eigenvalue weighted by Gasteiger charge is -2.12. The van der Waals surface area contributed by atoms with E-state index in [0.717, 1.165) is 0 Å². The number of aliphatic imine (C=N–C) groups is 1. The topological polar surface area (TPSA) is 147 Å². The van der Waals surface area contributed by atoms with Gasteiger partial charge in [-0.3, -0.25) is 5.41 Å². The third kappa shape index (κ3) is 2.48. The molecule has 0 unspecified atom stereocenters. The van der Waals surface area contributed by atoms with E-state index >= 15 is 0 Å². The Morgan fingerprint density at radius 2 is 2.29 bits per heavy atom. The van der Waals surface area contributed by atoms with Crippen molar-refractivity contribution in [1.29, 1.82) is 5.41 Å². The first-order valence-electron chi connectivity index (χ1n) is 6.11. The molecule has 0 saturated heterocycles. The van der Waals surface area contributed by atoms with Crippen molar-refractivity contribution < 1.29 is 19.4 Å². The number of nitrogens with zero attached hydrogens (tertiary/aromatic N) is 4. The van der Waals surface area contributed by atoms with E-state index in [0.29, 0.717) is 4.90 Å². The molecule has 0 saturated carbocycles. The van der Waals surface area contributed by atoms with E-state index < -0.39 is 18.0 Å². The number of nitrogen functional groups attached to an aromatic ring is 1. The second-order valence-electron chi connectivity index (χ2n) is 4.02. The molecule has 2 rings (SSSR count). The van der Waals surface area contributed by atoms with Gasteiger partial charge in [0.05, 0.1) is 19.5 Å². The van der Waals surface area contributed by atoms with Crippen LogP contribution < -0.4 is 5.73 Å². The van der Waals surface area contributed by atoms with Crippen molar-refractivity contribution in [2.24, 2.45) is 4.99 Å². The van der Waals surface area contributed by atoms with Gasteiger partial charge in [-0.2, -0.15) is 9.89 Å². The Morgan fingerprint density at radius 1 is 1.57 bits per heavy atom. The van der Waals surface area contributed by atoms with Crippen molar-refractivity contribution in [3.63, 3.8) is 0 Å². The van der Waals surface area contributed by atoms with Crippen LogP contribution in [0, 0.1) is 5.41 Å². The summed E-state index contributed by atoms with van der Waals surface area (Å²) in [7, 11) is 0. The maximum Gasteiger partial charge on any atom is 0.424 e. The zero-order valence-corrected chi connectivity index (χ0v) is 11.2. The van der Waals surface area contributed by atoms with Crippen molar-refractivity contribution in [2.45, 2.75) is 13.5 Å². The molecule has 0 bridgehead atoms. The Morgan fingerprint density at radius 3 is 2.90 bits per heavy atom. The number of nitrogens with one attached hydrogen (secondary N) is 1. The highest BCUT2D eigenvalue weighted by molar-refractivity contribution is 6.55. The molecule has 4 N–H and O–H groups in total. The zero-order chi connectivity index (χ0) is 15.6. The number of hydrogen-bond donors (Lipinski definition) is 3. The number of rotatable bonds is 4. The Labute approximate surface area is 119 Å². The van der Waals surface area contributed by atoms with Gasteiger partial charge in [-0.1, -0.05) is 0 Å². The highest BCUT2D eigenvalue weighted by Crippen LogP contribution is 2.18. The van der Waals surface area contributed by atoms with Gasteiger partial charge in [-0.05, 0) is 6.92 Å². The molecular weight excluding hydrogens is 280 g/mol. The number of aliphatic hydroxyl groups excluding tert-OH is 1. The minimum Gasteiger partial charge on any atom is -0.449 e. The molecule has 0 atom stereocenters. The summed E-state index contributed by atoms with van der Waals surface area (Å²) in [5, 5.41) is 16.8. The number of carbonyl (C=O) groups is 2. The molecule has 21 heavy (non-hydrogen) atoms. The zero-order valence-electron chi connectivity index (χ0n) is 11.2. The van der Waals surface area contributed by atoms with Crippen molar-refractivity contribution in [1.82, 2.24) is 14.5 Å². The highest BCUT2D eigenvalue weighted by Gasteiger charge is 2.38. The molecule has 0 fully saturated rings. The predicted molar refractivity (Wildman–Crippen MR) is 72.2 cm³/mol. The minimum absolute atomic E-state index is 0.0679. The predicted octanol–water partition coefficient (Wildman–Crippen LogP) is -0.184. The summed E-state index contributed by atoms with van der Waals surface area (Å²) in [6.07, 6.45) is 0.383. The number of urea groups is 1. The average molecular weight is 294 g/mol. The second kappa shape index (κ2) is 5.71. The van der Waals surface area contributed by atoms with Crippen LogP contribution in [0.1, 0.15) is 12.6 Å². The van der Waals surface area contributed by atoms with E-state index in [4.69, 9.17) is 16.2 Å². The van der Waals surface area contributed by atoms with Crippen LogP contribution in [0.15, 0.2) is 11.3 Å². The van der Waals surface area contributed by atoms with E-state index in [1.807, 2.05) is 0 Å². The van der Waals surface area contributed by atoms with E-state index in [1.165, 1.54) is 10.9 Å². The van der Waals surface area contributed by atoms with Gasteiger partial charge in [-0.25, -0.2) is 14.6 Å². The summed E-state index contributed by atoms with van der Waals surface area (Å²) in [6, 6.07) is -0.926. The lowest BCUT2D eigenvalue weighted by molar-refractivity contribution is 0.134. The van der Waals surface area contributed by atoms with E-state index in [-0.39, 0.29) is 37.0 Å². The molecule has 0 radical (unpaired) electrons. The molecule has 10 heteroatoms. The molecule has 112 valence electrons. The largest absolute Gasteiger partial charge is 0.449 e. The first kappa shape index (κ1) is 14.7. The fraction of sp³-hybridized carbons (Fsp3) is 0.364. The third-order valence-corrected chi connectivity index (χ3v) is 2.74. The Hall–Kier alpha value is -2.75. The molecule has 0 spiro atoms. The Bertz CT molecular complexity index is 635. The lowest BCUT2D eigenvalue weighted by Crippen LogP contribution is -2.38. The number of amidine groups is 1. The number of imide groups is 1. The minimum atomic E-state index is -0.973. The number of aromatic nitrogens is 2. The average Bonchev–Trinajstić information content (AvgIpc) is 2.92. The fourth-order valence-electron chi connectivity index (χ4n) is 1.78. The molecule has 2 heterocycles. The molecular formula is C11H14N6O4. The first-order chi connectivity index (χ1) is 10.0. The molecule has 0 aliphatic carbocycles. The van der Waals surface area contributed by atoms with E-state index in [1.54, 1.807) is 6.92 Å². The summed E-state index contributed by atoms with van der Waals surface area (Å²) in [5.74, 6) is -0.301. The van der Waals surface area contributed by atoms with Crippen LogP contribution in [-0.2, 0) is 11.3 Å². The Kier molecular flexibility index (Phi) is 3.98. The quantitative estimate of drug-likeness (QED) is 0.701. The standard InChI is InChI=1S/C11H14N6O4/c1-2-21-11(20)17-9(13)7(15-10(17)19)6-8(12)16(3-4-18)5-14-6/h5,13,18H,2-4,12H2,1H3. The van der Waals surface area contributed by atoms with Crippen LogP contribution in [0.5, 0.6) is 0 Å². The van der Waals surface area contributed by atoms with Crippen molar-refractivity contribution in [3.05, 3.63) is 12.0 Å². The molecule has 1 aliphatic rings. The van der Waals surface area contributed by atoms with Gasteiger partial charge in [0.15, 0.2) is 5.84 Å². The summed E-state index contributed by atoms with van der Waals surface area (Å²) < 4.78 is 6.13. The summed E-state index contributed by atoms with van der Waals surface area (Å²) in [6.45, 7) is 1.73. The highest BCUT2D eigenvalue weighted by atomic mass is 16.6. The van der Waals surface area contributed by atoms with E-state index in [9.17, 15) is 9.59 Å². The molecule has 10 nitrogen and oxygen atoms in total. The number of aliphatic hydroxyl groups is 1. The summed E-state index contributed by atoms with van der Waals surface area (Å²) in [4.78, 5) is 31.4. The van der Waals surface area contributed by atoms with Crippen molar-refractivity contribution in [2.75, 3.05) is 18.9 Å². The lowest BCUT2D eigenvalue weighted by atomic mass is 10.2. The van der Waals surface area contributed by atoms with Gasteiger partial charge in [0.2, 0.25) is 0 Å². The SMILES string of the molecule is CCOC(=O)N1C(=N)C(c2ncn(CCO)c2N)=NC1=O. The van der Waals surface area contributed by atoms with Crippen molar-refractivity contribution >= 4 is 29.5 Å². The number of amides is 3. The van der Waals surface area contributed by atoms with Gasteiger partial charge < -0.3 is 20.1 Å². The number of ether oxygens (including phenoxy) is 1. The van der Waals surface area contributed by atoms with Gasteiger partial charge in [0, 0.05) is 6.54 Å². The maximum atomic E-state index is 11.7. The Balaban J connectivity index is 2.30. The van der Waals surface area contributed by atoms with Crippen LogP contribution in [-0.4, -0.2) is 56.4 Å². The molecule has 0 aromatic carbocycles. The smallest absolute Gasteiger partial charge is 0.424 e.